The van der Waals surface area contributed by atoms with Crippen molar-refractivity contribution in [1.82, 2.24) is 0 Å². The monoisotopic (exact) mass is 323 g/mol. The van der Waals surface area contributed by atoms with E-state index in [2.05, 4.69) is 36.2 Å². The zero-order valence-corrected chi connectivity index (χ0v) is 13.9. The molecule has 0 amide bonds. The molecule has 0 bridgehead atoms. The second-order valence-electron chi connectivity index (χ2n) is 5.89. The lowest BCUT2D eigenvalue weighted by Crippen LogP contribution is -2.36. The van der Waals surface area contributed by atoms with Crippen LogP contribution in [-0.4, -0.2) is 17.5 Å². The molecular formula is C16H26ClN5. The van der Waals surface area contributed by atoms with Gasteiger partial charge in [-0.25, -0.2) is 4.99 Å². The number of guanidine groups is 2. The molecule has 0 heterocycles. The van der Waals surface area contributed by atoms with Gasteiger partial charge in [-0.3, -0.25) is 0 Å². The third-order valence-corrected chi connectivity index (χ3v) is 4.16. The average molecular weight is 324 g/mol. The minimum Gasteiger partial charge on any atom is -0.370 e. The average Bonchev–Trinajstić information content (AvgIpc) is 2.41. The van der Waals surface area contributed by atoms with Crippen LogP contribution < -0.4 is 17.2 Å². The summed E-state index contributed by atoms with van der Waals surface area (Å²) in [5.74, 6) is 0.142. The van der Waals surface area contributed by atoms with E-state index in [-0.39, 0.29) is 29.9 Å². The molecule has 2 rings (SSSR count). The molecule has 0 aliphatic heterocycles. The van der Waals surface area contributed by atoms with E-state index in [1.54, 1.807) is 0 Å². The van der Waals surface area contributed by atoms with E-state index in [1.165, 1.54) is 30.4 Å². The zero-order valence-electron chi connectivity index (χ0n) is 13.1. The first-order chi connectivity index (χ1) is 10.0. The van der Waals surface area contributed by atoms with Crippen molar-refractivity contribution in [3.8, 4) is 0 Å². The van der Waals surface area contributed by atoms with Crippen LogP contribution in [0.25, 0.3) is 0 Å². The first-order valence-electron chi connectivity index (χ1n) is 7.50. The number of hydrogen-bond acceptors (Lipinski definition) is 1. The molecule has 6 N–H and O–H groups in total. The van der Waals surface area contributed by atoms with Crippen molar-refractivity contribution in [2.45, 2.75) is 51.0 Å². The number of hydrogen-bond donors (Lipinski definition) is 3. The summed E-state index contributed by atoms with van der Waals surface area (Å²) < 4.78 is 0. The van der Waals surface area contributed by atoms with Gasteiger partial charge in [0.05, 0.1) is 5.54 Å². The largest absolute Gasteiger partial charge is 0.370 e. The van der Waals surface area contributed by atoms with E-state index in [9.17, 15) is 0 Å². The lowest BCUT2D eigenvalue weighted by atomic mass is 9.77. The SMILES string of the molecule is Cc1ccccc1CC1(N=C(N)N=C(N)N)CCCCC1.Cl. The van der Waals surface area contributed by atoms with E-state index < -0.39 is 0 Å². The van der Waals surface area contributed by atoms with Crippen molar-refractivity contribution in [3.05, 3.63) is 35.4 Å². The van der Waals surface area contributed by atoms with Crippen LogP contribution in [0.15, 0.2) is 34.3 Å². The summed E-state index contributed by atoms with van der Waals surface area (Å²) in [6.45, 7) is 2.13. The summed E-state index contributed by atoms with van der Waals surface area (Å²) in [5, 5.41) is 0. The van der Waals surface area contributed by atoms with E-state index in [0.717, 1.165) is 19.3 Å². The van der Waals surface area contributed by atoms with Gasteiger partial charge in [-0.05, 0) is 37.3 Å². The summed E-state index contributed by atoms with van der Waals surface area (Å²) in [5.41, 5.74) is 19.1. The fourth-order valence-electron chi connectivity index (χ4n) is 3.10. The van der Waals surface area contributed by atoms with Crippen LogP contribution >= 0.6 is 12.4 Å². The van der Waals surface area contributed by atoms with E-state index in [1.807, 2.05) is 0 Å². The molecule has 122 valence electrons. The number of rotatable bonds is 3. The lowest BCUT2D eigenvalue weighted by molar-refractivity contribution is 0.296. The van der Waals surface area contributed by atoms with Crippen LogP contribution in [0.4, 0.5) is 0 Å². The summed E-state index contributed by atoms with van der Waals surface area (Å²) in [6, 6.07) is 8.43. The Labute approximate surface area is 138 Å². The van der Waals surface area contributed by atoms with E-state index in [0.29, 0.717) is 0 Å². The van der Waals surface area contributed by atoms with Gasteiger partial charge in [-0.2, -0.15) is 4.99 Å². The van der Waals surface area contributed by atoms with Crippen molar-refractivity contribution < 1.29 is 0 Å². The topological polar surface area (TPSA) is 103 Å². The van der Waals surface area contributed by atoms with Crippen LogP contribution in [0, 0.1) is 6.92 Å². The normalized spacial score (nSPS) is 17.4. The molecule has 22 heavy (non-hydrogen) atoms. The summed E-state index contributed by atoms with van der Waals surface area (Å²) in [7, 11) is 0. The molecule has 1 fully saturated rings. The van der Waals surface area contributed by atoms with Crippen molar-refractivity contribution >= 4 is 24.3 Å². The molecule has 0 aromatic heterocycles. The highest BCUT2D eigenvalue weighted by molar-refractivity contribution is 5.92. The Balaban J connectivity index is 0.00000242. The fraction of sp³-hybridized carbons (Fsp3) is 0.500. The molecular weight excluding hydrogens is 298 g/mol. The molecule has 1 aliphatic carbocycles. The number of benzene rings is 1. The molecule has 6 heteroatoms. The van der Waals surface area contributed by atoms with Gasteiger partial charge in [0, 0.05) is 0 Å². The third kappa shape index (κ3) is 4.91. The maximum Gasteiger partial charge on any atom is 0.219 e. The predicted molar refractivity (Wildman–Crippen MR) is 95.4 cm³/mol. The Morgan fingerprint density at radius 1 is 1.09 bits per heavy atom. The fourth-order valence-corrected chi connectivity index (χ4v) is 3.10. The van der Waals surface area contributed by atoms with E-state index in [4.69, 9.17) is 22.2 Å². The van der Waals surface area contributed by atoms with Crippen molar-refractivity contribution in [2.75, 3.05) is 0 Å². The molecule has 0 radical (unpaired) electrons. The number of aryl methyl sites for hydroxylation is 1. The summed E-state index contributed by atoms with van der Waals surface area (Å²) in [6.07, 6.45) is 6.55. The van der Waals surface area contributed by atoms with Crippen LogP contribution in [-0.2, 0) is 6.42 Å². The first kappa shape index (κ1) is 18.3. The highest BCUT2D eigenvalue weighted by Gasteiger charge is 2.32. The summed E-state index contributed by atoms with van der Waals surface area (Å²) in [4.78, 5) is 8.57. The third-order valence-electron chi connectivity index (χ3n) is 4.16. The Bertz CT molecular complexity index is 543. The molecule has 0 atom stereocenters. The highest BCUT2D eigenvalue weighted by atomic mass is 35.5. The van der Waals surface area contributed by atoms with Crippen molar-refractivity contribution in [1.29, 1.82) is 0 Å². The number of aliphatic imine (C=N–C) groups is 2. The van der Waals surface area contributed by atoms with Gasteiger partial charge in [0.1, 0.15) is 0 Å². The number of nitrogens with two attached hydrogens (primary N) is 3. The van der Waals surface area contributed by atoms with Gasteiger partial charge in [0.2, 0.25) is 5.96 Å². The maximum absolute atomic E-state index is 5.88. The highest BCUT2D eigenvalue weighted by Crippen LogP contribution is 2.35. The molecule has 5 nitrogen and oxygen atoms in total. The van der Waals surface area contributed by atoms with Crippen LogP contribution in [0.5, 0.6) is 0 Å². The predicted octanol–water partition coefficient (Wildman–Crippen LogP) is 2.25. The van der Waals surface area contributed by atoms with Gasteiger partial charge in [0.25, 0.3) is 0 Å². The van der Waals surface area contributed by atoms with Gasteiger partial charge in [-0.15, -0.1) is 12.4 Å². The van der Waals surface area contributed by atoms with Gasteiger partial charge >= 0.3 is 0 Å². The smallest absolute Gasteiger partial charge is 0.219 e. The minimum absolute atomic E-state index is 0. The first-order valence-corrected chi connectivity index (χ1v) is 7.50. The van der Waals surface area contributed by atoms with Gasteiger partial charge < -0.3 is 17.2 Å². The van der Waals surface area contributed by atoms with Crippen LogP contribution in [0.2, 0.25) is 0 Å². The number of nitrogens with zero attached hydrogens (tertiary/aromatic N) is 2. The van der Waals surface area contributed by atoms with E-state index >= 15 is 0 Å². The minimum atomic E-state index is -0.173. The quantitative estimate of drug-likeness (QED) is 0.587. The second-order valence-corrected chi connectivity index (χ2v) is 5.89. The molecule has 1 aromatic carbocycles. The van der Waals surface area contributed by atoms with Crippen molar-refractivity contribution in [3.63, 3.8) is 0 Å². The Morgan fingerprint density at radius 3 is 2.32 bits per heavy atom. The maximum atomic E-state index is 5.88. The Kier molecular flexibility index (Phi) is 6.68. The lowest BCUT2D eigenvalue weighted by Gasteiger charge is -2.34. The number of halogens is 1. The summed E-state index contributed by atoms with van der Waals surface area (Å²) >= 11 is 0. The molecule has 0 spiro atoms. The van der Waals surface area contributed by atoms with Gasteiger partial charge in [-0.1, -0.05) is 43.5 Å². The second kappa shape index (κ2) is 8.03. The van der Waals surface area contributed by atoms with Crippen LogP contribution in [0.3, 0.4) is 0 Å². The van der Waals surface area contributed by atoms with Crippen LogP contribution in [0.1, 0.15) is 43.2 Å². The molecule has 1 aromatic rings. The zero-order chi connectivity index (χ0) is 15.3. The van der Waals surface area contributed by atoms with Gasteiger partial charge in [0.15, 0.2) is 5.96 Å². The Hall–Kier alpha value is -1.75. The molecule has 1 saturated carbocycles. The standard InChI is InChI=1S/C16H25N5.ClH/c1-12-7-3-4-8-13(12)11-16(9-5-2-6-10-16)21-15(19)20-14(17)18;/h3-4,7-8H,2,5-6,9-11H2,1H3,(H6,17,18,19,20,21);1H. The molecule has 0 saturated heterocycles. The molecule has 0 unspecified atom stereocenters. The van der Waals surface area contributed by atoms with Crippen molar-refractivity contribution in [2.24, 2.45) is 27.2 Å². The Morgan fingerprint density at radius 2 is 1.73 bits per heavy atom. The molecule has 1 aliphatic rings.